The SMILES string of the molecule is NC(=O)c1[nH]cnc1C(=O)N(CCN1CCS(=O)(=O)CC1)c1ccc(NC(=O)c2ccc(F)cc2Cl)cc1. The second-order valence-electron chi connectivity index (χ2n) is 8.57. The van der Waals surface area contributed by atoms with E-state index in [1.165, 1.54) is 17.3 Å². The van der Waals surface area contributed by atoms with Gasteiger partial charge in [0.05, 0.1) is 28.4 Å². The van der Waals surface area contributed by atoms with E-state index in [2.05, 4.69) is 15.3 Å². The van der Waals surface area contributed by atoms with Crippen molar-refractivity contribution in [2.45, 2.75) is 0 Å². The third kappa shape index (κ3) is 6.36. The molecule has 0 saturated carbocycles. The predicted octanol–water partition coefficient (Wildman–Crippen LogP) is 1.93. The summed E-state index contributed by atoms with van der Waals surface area (Å²) in [5, 5.41) is 2.63. The summed E-state index contributed by atoms with van der Waals surface area (Å²) in [4.78, 5) is 47.6. The fourth-order valence-corrected chi connectivity index (χ4v) is 5.46. The molecule has 1 aromatic heterocycles. The van der Waals surface area contributed by atoms with Crippen molar-refractivity contribution in [3.05, 3.63) is 76.6 Å². The van der Waals surface area contributed by atoms with E-state index in [1.807, 2.05) is 4.90 Å². The van der Waals surface area contributed by atoms with Gasteiger partial charge in [0.2, 0.25) is 0 Å². The molecule has 0 aliphatic carbocycles. The molecule has 1 saturated heterocycles. The molecule has 1 fully saturated rings. The number of carbonyl (C=O) groups excluding carboxylic acids is 3. The lowest BCUT2D eigenvalue weighted by Crippen LogP contribution is -2.45. The predicted molar refractivity (Wildman–Crippen MR) is 140 cm³/mol. The number of carbonyl (C=O) groups is 3. The Hall–Kier alpha value is -3.81. The van der Waals surface area contributed by atoms with Gasteiger partial charge in [0.15, 0.2) is 15.5 Å². The summed E-state index contributed by atoms with van der Waals surface area (Å²) in [7, 11) is -3.06. The number of nitrogens with zero attached hydrogens (tertiary/aromatic N) is 3. The molecule has 200 valence electrons. The van der Waals surface area contributed by atoms with E-state index < -0.39 is 33.4 Å². The Bertz CT molecular complexity index is 1460. The van der Waals surface area contributed by atoms with Gasteiger partial charge in [0.25, 0.3) is 17.7 Å². The van der Waals surface area contributed by atoms with Crippen LogP contribution in [0.5, 0.6) is 0 Å². The van der Waals surface area contributed by atoms with Gasteiger partial charge in [-0.1, -0.05) is 11.6 Å². The van der Waals surface area contributed by atoms with Gasteiger partial charge < -0.3 is 20.9 Å². The minimum absolute atomic E-state index is 0.0364. The van der Waals surface area contributed by atoms with Gasteiger partial charge in [0.1, 0.15) is 11.5 Å². The lowest BCUT2D eigenvalue weighted by molar-refractivity contribution is 0.0953. The first-order valence-corrected chi connectivity index (χ1v) is 13.7. The van der Waals surface area contributed by atoms with Crippen LogP contribution in [0.1, 0.15) is 31.3 Å². The van der Waals surface area contributed by atoms with Crippen LogP contribution in [-0.2, 0) is 9.84 Å². The third-order valence-corrected chi connectivity index (χ3v) is 7.94. The number of imidazole rings is 1. The van der Waals surface area contributed by atoms with Crippen LogP contribution in [0.3, 0.4) is 0 Å². The number of nitrogens with two attached hydrogens (primary N) is 1. The Morgan fingerprint density at radius 1 is 1.13 bits per heavy atom. The normalized spacial score (nSPS) is 15.1. The molecule has 1 aliphatic heterocycles. The van der Waals surface area contributed by atoms with Crippen LogP contribution in [-0.4, -0.2) is 78.7 Å². The number of anilines is 2. The average Bonchev–Trinajstić information content (AvgIpc) is 3.36. The van der Waals surface area contributed by atoms with Crippen LogP contribution >= 0.6 is 11.6 Å². The Kier molecular flexibility index (Phi) is 8.09. The summed E-state index contributed by atoms with van der Waals surface area (Å²) < 4.78 is 36.8. The number of halogens is 2. The fraction of sp³-hybridized carbons (Fsp3) is 0.250. The van der Waals surface area contributed by atoms with Gasteiger partial charge >= 0.3 is 0 Å². The van der Waals surface area contributed by atoms with Gasteiger partial charge in [-0.2, -0.15) is 0 Å². The maximum absolute atomic E-state index is 13.4. The number of aromatic nitrogens is 2. The molecule has 11 nitrogen and oxygen atoms in total. The Morgan fingerprint density at radius 2 is 1.82 bits per heavy atom. The van der Waals surface area contributed by atoms with E-state index in [9.17, 15) is 27.2 Å². The van der Waals surface area contributed by atoms with E-state index in [0.717, 1.165) is 12.1 Å². The minimum atomic E-state index is -3.06. The molecule has 2 heterocycles. The molecule has 0 bridgehead atoms. The van der Waals surface area contributed by atoms with Gasteiger partial charge in [-0.05, 0) is 42.5 Å². The first-order chi connectivity index (χ1) is 18.0. The number of hydrogen-bond donors (Lipinski definition) is 3. The zero-order valence-electron chi connectivity index (χ0n) is 20.0. The summed E-state index contributed by atoms with van der Waals surface area (Å²) in [5.74, 6) is -2.46. The van der Waals surface area contributed by atoms with E-state index in [-0.39, 0.29) is 40.0 Å². The summed E-state index contributed by atoms with van der Waals surface area (Å²) in [6.07, 6.45) is 1.19. The monoisotopic (exact) mass is 562 g/mol. The lowest BCUT2D eigenvalue weighted by Gasteiger charge is -2.30. The molecule has 0 unspecified atom stereocenters. The quantitative estimate of drug-likeness (QED) is 0.378. The summed E-state index contributed by atoms with van der Waals surface area (Å²) in [6.45, 7) is 1.23. The zero-order chi connectivity index (χ0) is 27.4. The number of sulfone groups is 1. The average molecular weight is 563 g/mol. The first kappa shape index (κ1) is 27.2. The van der Waals surface area contributed by atoms with E-state index in [4.69, 9.17) is 17.3 Å². The maximum atomic E-state index is 13.4. The van der Waals surface area contributed by atoms with Crippen LogP contribution in [0, 0.1) is 5.82 Å². The Morgan fingerprint density at radius 3 is 2.45 bits per heavy atom. The van der Waals surface area contributed by atoms with Crippen molar-refractivity contribution in [2.75, 3.05) is 47.9 Å². The number of benzene rings is 2. The molecule has 3 amide bonds. The number of hydrogen-bond acceptors (Lipinski definition) is 7. The molecule has 0 radical (unpaired) electrons. The number of aromatic amines is 1. The van der Waals surface area contributed by atoms with Crippen molar-refractivity contribution in [2.24, 2.45) is 5.73 Å². The topological polar surface area (TPSA) is 159 Å². The Balaban J connectivity index is 1.54. The van der Waals surface area contributed by atoms with Crippen LogP contribution in [0.25, 0.3) is 0 Å². The number of amides is 3. The molecule has 14 heteroatoms. The zero-order valence-corrected chi connectivity index (χ0v) is 21.6. The summed E-state index contributed by atoms with van der Waals surface area (Å²) in [5.41, 5.74) is 6.01. The molecule has 0 atom stereocenters. The molecular weight excluding hydrogens is 539 g/mol. The van der Waals surface area contributed by atoms with Crippen LogP contribution < -0.4 is 16.0 Å². The Labute approximate surface area is 222 Å². The van der Waals surface area contributed by atoms with Gasteiger partial charge in [-0.15, -0.1) is 0 Å². The highest BCUT2D eigenvalue weighted by Gasteiger charge is 2.27. The molecule has 38 heavy (non-hydrogen) atoms. The van der Waals surface area contributed by atoms with E-state index >= 15 is 0 Å². The molecule has 2 aromatic carbocycles. The first-order valence-electron chi connectivity index (χ1n) is 11.5. The molecule has 0 spiro atoms. The highest BCUT2D eigenvalue weighted by atomic mass is 35.5. The third-order valence-electron chi connectivity index (χ3n) is 6.02. The van der Waals surface area contributed by atoms with Gasteiger partial charge in [-0.25, -0.2) is 17.8 Å². The van der Waals surface area contributed by atoms with Gasteiger partial charge in [-0.3, -0.25) is 19.3 Å². The highest BCUT2D eigenvalue weighted by molar-refractivity contribution is 7.91. The number of H-pyrrole nitrogens is 1. The maximum Gasteiger partial charge on any atom is 0.279 e. The van der Waals surface area contributed by atoms with Crippen molar-refractivity contribution in [3.8, 4) is 0 Å². The van der Waals surface area contributed by atoms with Crippen LogP contribution in [0.4, 0.5) is 15.8 Å². The largest absolute Gasteiger partial charge is 0.364 e. The van der Waals surface area contributed by atoms with E-state index in [0.29, 0.717) is 31.0 Å². The number of nitrogens with one attached hydrogen (secondary N) is 2. The van der Waals surface area contributed by atoms with Gasteiger partial charge in [0, 0.05) is 37.6 Å². The number of rotatable bonds is 8. The smallest absolute Gasteiger partial charge is 0.279 e. The molecule has 4 N–H and O–H groups in total. The second-order valence-corrected chi connectivity index (χ2v) is 11.3. The highest BCUT2D eigenvalue weighted by Crippen LogP contribution is 2.23. The fourth-order valence-electron chi connectivity index (χ4n) is 3.93. The molecule has 3 aromatic rings. The lowest BCUT2D eigenvalue weighted by atomic mass is 10.2. The van der Waals surface area contributed by atoms with E-state index in [1.54, 1.807) is 24.3 Å². The van der Waals surface area contributed by atoms with Crippen molar-refractivity contribution < 1.29 is 27.2 Å². The molecule has 4 rings (SSSR count). The standard InChI is InChI=1S/C24H24ClFN6O5S/c25-19-13-15(26)1-6-18(19)23(34)30-16-2-4-17(5-3-16)32(8-7-31-9-11-38(36,37)12-10-31)24(35)21-20(22(27)33)28-14-29-21/h1-6,13-14H,7-12H2,(H2,27,33)(H,28,29)(H,30,34). The number of primary amides is 1. The van der Waals surface area contributed by atoms with Crippen molar-refractivity contribution in [1.82, 2.24) is 14.9 Å². The van der Waals surface area contributed by atoms with Crippen LogP contribution in [0.15, 0.2) is 48.8 Å². The summed E-state index contributed by atoms with van der Waals surface area (Å²) >= 11 is 5.97. The van der Waals surface area contributed by atoms with Crippen molar-refractivity contribution >= 4 is 50.5 Å². The summed E-state index contributed by atoms with van der Waals surface area (Å²) in [6, 6.07) is 9.76. The second kappa shape index (κ2) is 11.3. The van der Waals surface area contributed by atoms with Crippen LogP contribution in [0.2, 0.25) is 5.02 Å². The van der Waals surface area contributed by atoms with Crippen molar-refractivity contribution in [1.29, 1.82) is 0 Å². The molecular formula is C24H24ClFN6O5S. The minimum Gasteiger partial charge on any atom is -0.364 e. The van der Waals surface area contributed by atoms with Crippen molar-refractivity contribution in [3.63, 3.8) is 0 Å². The molecule has 1 aliphatic rings.